The van der Waals surface area contributed by atoms with Crippen LogP contribution in [0.15, 0.2) is 23.6 Å². The van der Waals surface area contributed by atoms with Gasteiger partial charge in [0, 0.05) is 10.9 Å². The van der Waals surface area contributed by atoms with Gasteiger partial charge in [0.1, 0.15) is 0 Å². The second-order valence-electron chi connectivity index (χ2n) is 4.09. The molecular weight excluding hydrogens is 308 g/mol. The van der Waals surface area contributed by atoms with Crippen molar-refractivity contribution < 1.29 is 14.3 Å². The number of aromatic nitrogens is 1. The molecule has 0 aliphatic heterocycles. The Morgan fingerprint density at radius 2 is 2.10 bits per heavy atom. The van der Waals surface area contributed by atoms with E-state index in [2.05, 4.69) is 10.3 Å². The molecule has 1 aromatic carbocycles. The van der Waals surface area contributed by atoms with Crippen molar-refractivity contribution in [2.75, 3.05) is 31.5 Å². The van der Waals surface area contributed by atoms with Gasteiger partial charge >= 0.3 is 0 Å². The van der Waals surface area contributed by atoms with Gasteiger partial charge in [-0.25, -0.2) is 4.98 Å². The number of anilines is 1. The molecule has 0 bridgehead atoms. The summed E-state index contributed by atoms with van der Waals surface area (Å²) in [5.74, 6) is 1.70. The Balaban J connectivity index is 2.19. The van der Waals surface area contributed by atoms with Gasteiger partial charge in [-0.3, -0.25) is 4.79 Å². The van der Waals surface area contributed by atoms with Gasteiger partial charge in [0.15, 0.2) is 16.6 Å². The average Bonchev–Trinajstić information content (AvgIpc) is 2.95. The average molecular weight is 324 g/mol. The number of methoxy groups -OCH3 is 2. The van der Waals surface area contributed by atoms with Crippen molar-refractivity contribution in [3.05, 3.63) is 23.6 Å². The summed E-state index contributed by atoms with van der Waals surface area (Å²) < 4.78 is 10.5. The van der Waals surface area contributed by atoms with E-state index >= 15 is 0 Å². The first-order chi connectivity index (χ1) is 10.2. The zero-order valence-corrected chi connectivity index (χ0v) is 13.6. The number of thioether (sulfide) groups is 1. The summed E-state index contributed by atoms with van der Waals surface area (Å²) in [5, 5.41) is 5.27. The number of carbonyl (C=O) groups excluding carboxylic acids is 1. The van der Waals surface area contributed by atoms with Crippen LogP contribution < -0.4 is 14.8 Å². The third-order valence-corrected chi connectivity index (χ3v) is 4.01. The highest BCUT2D eigenvalue weighted by Gasteiger charge is 2.10. The summed E-state index contributed by atoms with van der Waals surface area (Å²) >= 11 is 2.87. The van der Waals surface area contributed by atoms with Crippen LogP contribution >= 0.6 is 23.1 Å². The van der Waals surface area contributed by atoms with Gasteiger partial charge in [-0.15, -0.1) is 11.3 Å². The second kappa shape index (κ2) is 7.33. The predicted molar refractivity (Wildman–Crippen MR) is 87.7 cm³/mol. The molecule has 7 heteroatoms. The Kier molecular flexibility index (Phi) is 5.46. The quantitative estimate of drug-likeness (QED) is 0.884. The maximum Gasteiger partial charge on any atom is 0.236 e. The van der Waals surface area contributed by atoms with E-state index in [0.717, 1.165) is 11.3 Å². The lowest BCUT2D eigenvalue weighted by Gasteiger charge is -2.08. The van der Waals surface area contributed by atoms with Crippen molar-refractivity contribution in [1.82, 2.24) is 4.98 Å². The molecule has 0 fully saturated rings. The van der Waals surface area contributed by atoms with Gasteiger partial charge < -0.3 is 14.8 Å². The molecule has 0 aliphatic rings. The van der Waals surface area contributed by atoms with E-state index in [1.54, 1.807) is 14.2 Å². The van der Waals surface area contributed by atoms with Crippen LogP contribution in [-0.4, -0.2) is 37.1 Å². The van der Waals surface area contributed by atoms with E-state index in [1.807, 2.05) is 29.8 Å². The highest BCUT2D eigenvalue weighted by Crippen LogP contribution is 2.33. The van der Waals surface area contributed by atoms with Crippen LogP contribution in [0.3, 0.4) is 0 Å². The van der Waals surface area contributed by atoms with Gasteiger partial charge in [0.05, 0.1) is 25.7 Å². The molecule has 0 aliphatic carbocycles. The molecule has 2 aromatic rings. The Morgan fingerprint density at radius 3 is 2.76 bits per heavy atom. The van der Waals surface area contributed by atoms with Gasteiger partial charge in [0.2, 0.25) is 5.91 Å². The number of ether oxygens (including phenoxy) is 2. The first-order valence-electron chi connectivity index (χ1n) is 6.14. The van der Waals surface area contributed by atoms with Crippen LogP contribution in [-0.2, 0) is 4.79 Å². The smallest absolute Gasteiger partial charge is 0.236 e. The monoisotopic (exact) mass is 324 g/mol. The lowest BCUT2D eigenvalue weighted by Crippen LogP contribution is -2.13. The summed E-state index contributed by atoms with van der Waals surface area (Å²) in [6.07, 6.45) is 1.89. The number of nitrogens with one attached hydrogen (secondary N) is 1. The van der Waals surface area contributed by atoms with E-state index in [0.29, 0.717) is 22.4 Å². The molecule has 1 aromatic heterocycles. The third-order valence-electron chi connectivity index (χ3n) is 2.71. The van der Waals surface area contributed by atoms with Crippen LogP contribution in [0.5, 0.6) is 11.5 Å². The van der Waals surface area contributed by atoms with Crippen molar-refractivity contribution in [1.29, 1.82) is 0 Å². The molecule has 2 rings (SSSR count). The molecule has 1 N–H and O–H groups in total. The molecule has 112 valence electrons. The van der Waals surface area contributed by atoms with Crippen molar-refractivity contribution in [3.63, 3.8) is 0 Å². The van der Waals surface area contributed by atoms with Crippen LogP contribution in [0.2, 0.25) is 0 Å². The van der Waals surface area contributed by atoms with E-state index in [-0.39, 0.29) is 5.91 Å². The minimum Gasteiger partial charge on any atom is -0.493 e. The number of hydrogen-bond acceptors (Lipinski definition) is 6. The number of rotatable bonds is 6. The zero-order chi connectivity index (χ0) is 15.2. The van der Waals surface area contributed by atoms with Crippen LogP contribution in [0, 0.1) is 0 Å². The maximum atomic E-state index is 11.5. The first-order valence-corrected chi connectivity index (χ1v) is 8.42. The summed E-state index contributed by atoms with van der Waals surface area (Å²) in [4.78, 5) is 16.0. The minimum atomic E-state index is -0.0456. The number of hydrogen-bond donors (Lipinski definition) is 1. The van der Waals surface area contributed by atoms with Gasteiger partial charge in [-0.1, -0.05) is 0 Å². The highest BCUT2D eigenvalue weighted by molar-refractivity contribution is 7.99. The van der Waals surface area contributed by atoms with E-state index in [1.165, 1.54) is 23.1 Å². The fraction of sp³-hybridized carbons (Fsp3) is 0.286. The molecule has 5 nitrogen and oxygen atoms in total. The Bertz CT molecular complexity index is 628. The lowest BCUT2D eigenvalue weighted by molar-refractivity contribution is -0.113. The minimum absolute atomic E-state index is 0.0456. The Labute approximate surface area is 131 Å². The summed E-state index contributed by atoms with van der Waals surface area (Å²) in [7, 11) is 3.19. The standard InChI is InChI=1S/C14H16N2O3S2/c1-18-11-5-4-9(6-12(11)19-2)10-7-21-14(15-10)16-13(17)8-20-3/h4-7H,8H2,1-3H3,(H,15,16,17). The molecule has 21 heavy (non-hydrogen) atoms. The van der Waals surface area contributed by atoms with E-state index < -0.39 is 0 Å². The van der Waals surface area contributed by atoms with Crippen LogP contribution in [0.25, 0.3) is 11.3 Å². The van der Waals surface area contributed by atoms with E-state index in [9.17, 15) is 4.79 Å². The zero-order valence-electron chi connectivity index (χ0n) is 12.0. The lowest BCUT2D eigenvalue weighted by atomic mass is 10.1. The number of amides is 1. The molecule has 0 atom stereocenters. The number of carbonyl (C=O) groups is 1. The van der Waals surface area contributed by atoms with Crippen LogP contribution in [0.1, 0.15) is 0 Å². The third kappa shape index (κ3) is 3.89. The van der Waals surface area contributed by atoms with Gasteiger partial charge in [0.25, 0.3) is 0 Å². The maximum absolute atomic E-state index is 11.5. The highest BCUT2D eigenvalue weighted by atomic mass is 32.2. The predicted octanol–water partition coefficient (Wildman–Crippen LogP) is 3.13. The fourth-order valence-electron chi connectivity index (χ4n) is 1.75. The summed E-state index contributed by atoms with van der Waals surface area (Å²) in [6, 6.07) is 5.60. The normalized spacial score (nSPS) is 10.2. The number of thiazole rings is 1. The van der Waals surface area contributed by atoms with Crippen LogP contribution in [0.4, 0.5) is 5.13 Å². The first kappa shape index (κ1) is 15.7. The fourth-order valence-corrected chi connectivity index (χ4v) is 2.82. The number of benzene rings is 1. The molecule has 0 spiro atoms. The Hall–Kier alpha value is -1.73. The summed E-state index contributed by atoms with van der Waals surface area (Å²) in [5.41, 5.74) is 1.70. The molecule has 0 unspecified atom stereocenters. The number of nitrogens with zero attached hydrogens (tertiary/aromatic N) is 1. The van der Waals surface area contributed by atoms with Gasteiger partial charge in [-0.2, -0.15) is 11.8 Å². The molecule has 1 amide bonds. The second-order valence-corrected chi connectivity index (χ2v) is 5.81. The van der Waals surface area contributed by atoms with E-state index in [4.69, 9.17) is 9.47 Å². The molecule has 1 heterocycles. The molecule has 0 saturated carbocycles. The molecular formula is C14H16N2O3S2. The van der Waals surface area contributed by atoms with Crippen molar-refractivity contribution in [3.8, 4) is 22.8 Å². The van der Waals surface area contributed by atoms with Gasteiger partial charge in [-0.05, 0) is 24.5 Å². The Morgan fingerprint density at radius 1 is 1.33 bits per heavy atom. The van der Waals surface area contributed by atoms with Crippen molar-refractivity contribution in [2.24, 2.45) is 0 Å². The SMILES string of the molecule is COc1ccc(-c2csc(NC(=O)CSC)n2)cc1OC. The van der Waals surface area contributed by atoms with Crippen molar-refractivity contribution >= 4 is 34.1 Å². The molecule has 0 saturated heterocycles. The molecule has 0 radical (unpaired) electrons. The summed E-state index contributed by atoms with van der Waals surface area (Å²) in [6.45, 7) is 0. The van der Waals surface area contributed by atoms with Crippen molar-refractivity contribution in [2.45, 2.75) is 0 Å². The topological polar surface area (TPSA) is 60.5 Å². The largest absolute Gasteiger partial charge is 0.493 e.